The van der Waals surface area contributed by atoms with Crippen LogP contribution in [-0.2, 0) is 38.1 Å². The van der Waals surface area contributed by atoms with E-state index in [4.69, 9.17) is 52.4 Å². The SMILES string of the molecule is O=C(NC[C@H]1CN(c2ccc(N3CCOCC3=O)cc2)C(=O)O1)c1ccc(Cl)s1.O=C(NC[C@H]1CN(c2ccc(N3CCOCC3=O)cc2)C(=O)O1)c1ccc(Cl)s1.O=C(O)CC(=O)O. The zero-order valence-electron chi connectivity index (χ0n) is 34.0. The zero-order chi connectivity index (χ0) is 46.6. The molecule has 6 heterocycles. The van der Waals surface area contributed by atoms with Crippen LogP contribution in [0.1, 0.15) is 25.8 Å². The quantitative estimate of drug-likeness (QED) is 0.142. The Morgan fingerprint density at radius 3 is 1.22 bits per heavy atom. The second-order valence-electron chi connectivity index (χ2n) is 14.1. The molecule has 0 radical (unpaired) electrons. The van der Waals surface area contributed by atoms with Gasteiger partial charge in [-0.25, -0.2) is 9.59 Å². The third-order valence-corrected chi connectivity index (χ3v) is 12.0. The number of carboxylic acids is 2. The number of carboxylic acid groups (broad SMARTS) is 2. The van der Waals surface area contributed by atoms with E-state index in [0.717, 1.165) is 11.4 Å². The Hall–Kier alpha value is -6.30. The summed E-state index contributed by atoms with van der Waals surface area (Å²) in [6.07, 6.45) is -2.66. The first-order valence-corrected chi connectivity index (χ1v) is 22.0. The first kappa shape index (κ1) is 48.2. The second kappa shape index (κ2) is 22.5. The minimum Gasteiger partial charge on any atom is -0.481 e. The molecule has 4 N–H and O–H groups in total. The van der Waals surface area contributed by atoms with Crippen molar-refractivity contribution < 1.29 is 67.5 Å². The average Bonchev–Trinajstić information content (AvgIpc) is 4.10. The van der Waals surface area contributed by atoms with E-state index in [1.807, 2.05) is 0 Å². The van der Waals surface area contributed by atoms with Crippen LogP contribution in [0.4, 0.5) is 32.3 Å². The van der Waals surface area contributed by atoms with Gasteiger partial charge in [0.1, 0.15) is 31.8 Å². The Balaban J connectivity index is 0.000000188. The fourth-order valence-corrected chi connectivity index (χ4v) is 8.39. The van der Waals surface area contributed by atoms with Crippen LogP contribution in [-0.4, -0.2) is 136 Å². The number of ether oxygens (including phenoxy) is 4. The molecule has 0 bridgehead atoms. The Morgan fingerprint density at radius 2 is 0.923 bits per heavy atom. The Bertz CT molecular complexity index is 2230. The summed E-state index contributed by atoms with van der Waals surface area (Å²) in [6.45, 7) is 3.20. The van der Waals surface area contributed by atoms with Gasteiger partial charge in [-0.15, -0.1) is 22.7 Å². The van der Waals surface area contributed by atoms with Crippen molar-refractivity contribution in [2.75, 3.05) is 85.3 Å². The molecule has 2 aromatic heterocycles. The molecule has 24 heteroatoms. The number of carbonyl (C=O) groups is 8. The van der Waals surface area contributed by atoms with E-state index in [0.29, 0.717) is 69.2 Å². The topological polar surface area (TPSA) is 251 Å². The number of anilines is 4. The van der Waals surface area contributed by atoms with Crippen LogP contribution in [0.5, 0.6) is 0 Å². The Kier molecular flexibility index (Phi) is 16.7. The van der Waals surface area contributed by atoms with Gasteiger partial charge >= 0.3 is 24.1 Å². The number of cyclic esters (lactones) is 2. The van der Waals surface area contributed by atoms with Gasteiger partial charge in [0, 0.05) is 35.8 Å². The van der Waals surface area contributed by atoms with E-state index in [9.17, 15) is 38.4 Å². The lowest BCUT2D eigenvalue weighted by Gasteiger charge is -2.27. The van der Waals surface area contributed by atoms with Crippen LogP contribution >= 0.6 is 45.9 Å². The molecule has 0 unspecified atom stereocenters. The summed E-state index contributed by atoms with van der Waals surface area (Å²) in [5.41, 5.74) is 2.85. The van der Waals surface area contributed by atoms with E-state index in [-0.39, 0.29) is 49.9 Å². The van der Waals surface area contributed by atoms with E-state index < -0.39 is 42.8 Å². The number of benzene rings is 2. The summed E-state index contributed by atoms with van der Waals surface area (Å²) in [6, 6.07) is 20.9. The van der Waals surface area contributed by atoms with Crippen molar-refractivity contribution in [2.45, 2.75) is 18.6 Å². The third kappa shape index (κ3) is 13.4. The maximum atomic E-state index is 12.2. The minimum absolute atomic E-state index is 0.0747. The number of hydrogen-bond donors (Lipinski definition) is 4. The highest BCUT2D eigenvalue weighted by Crippen LogP contribution is 2.28. The molecule has 4 saturated heterocycles. The molecule has 2 aromatic carbocycles. The highest BCUT2D eigenvalue weighted by Gasteiger charge is 2.34. The predicted molar refractivity (Wildman–Crippen MR) is 238 cm³/mol. The number of morpholine rings is 2. The number of thiophene rings is 2. The smallest absolute Gasteiger partial charge is 0.414 e. The zero-order valence-corrected chi connectivity index (χ0v) is 37.2. The molecular weight excluding hydrogens is 936 g/mol. The predicted octanol–water partition coefficient (Wildman–Crippen LogP) is 4.59. The fraction of sp³-hybridized carbons (Fsp3) is 0.317. The van der Waals surface area contributed by atoms with Gasteiger partial charge in [0.15, 0.2) is 0 Å². The maximum Gasteiger partial charge on any atom is 0.414 e. The van der Waals surface area contributed by atoms with Crippen molar-refractivity contribution in [3.05, 3.63) is 91.2 Å². The van der Waals surface area contributed by atoms with Crippen LogP contribution in [0.3, 0.4) is 0 Å². The van der Waals surface area contributed by atoms with Crippen molar-refractivity contribution in [3.8, 4) is 0 Å². The molecule has 65 heavy (non-hydrogen) atoms. The average molecular weight is 976 g/mol. The van der Waals surface area contributed by atoms with Gasteiger partial charge < -0.3 is 49.6 Å². The molecule has 6 amide bonds. The number of carbonyl (C=O) groups excluding carboxylic acids is 6. The second-order valence-corrected chi connectivity index (χ2v) is 17.5. The number of amides is 6. The molecule has 0 saturated carbocycles. The van der Waals surface area contributed by atoms with Crippen LogP contribution in [0, 0.1) is 0 Å². The lowest BCUT2D eigenvalue weighted by molar-refractivity contribution is -0.147. The number of nitrogens with one attached hydrogen (secondary N) is 2. The molecule has 344 valence electrons. The van der Waals surface area contributed by atoms with E-state index in [2.05, 4.69) is 10.6 Å². The van der Waals surface area contributed by atoms with Crippen molar-refractivity contribution in [3.63, 3.8) is 0 Å². The summed E-state index contributed by atoms with van der Waals surface area (Å²) in [7, 11) is 0. The number of nitrogens with zero attached hydrogens (tertiary/aromatic N) is 4. The van der Waals surface area contributed by atoms with Gasteiger partial charge in [0.25, 0.3) is 23.6 Å². The van der Waals surface area contributed by atoms with Crippen LogP contribution in [0.25, 0.3) is 0 Å². The molecule has 8 rings (SSSR count). The monoisotopic (exact) mass is 974 g/mol. The van der Waals surface area contributed by atoms with Crippen LogP contribution in [0.15, 0.2) is 72.8 Å². The summed E-state index contributed by atoms with van der Waals surface area (Å²) >= 11 is 14.1. The van der Waals surface area contributed by atoms with Crippen molar-refractivity contribution >= 4 is 116 Å². The third-order valence-electron chi connectivity index (χ3n) is 9.54. The molecule has 20 nitrogen and oxygen atoms in total. The molecule has 0 spiro atoms. The first-order chi connectivity index (χ1) is 31.1. The largest absolute Gasteiger partial charge is 0.481 e. The number of aliphatic carboxylic acids is 2. The minimum atomic E-state index is -1.31. The van der Waals surface area contributed by atoms with Gasteiger partial charge in [-0.3, -0.25) is 38.6 Å². The molecule has 4 fully saturated rings. The molecular formula is C41H40Cl2N6O14S2. The normalized spacial score (nSPS) is 18.2. The van der Waals surface area contributed by atoms with E-state index in [1.165, 1.54) is 32.5 Å². The van der Waals surface area contributed by atoms with Crippen molar-refractivity contribution in [1.82, 2.24) is 10.6 Å². The molecule has 4 aromatic rings. The Labute approximate surface area is 388 Å². The van der Waals surface area contributed by atoms with Crippen LogP contribution in [0.2, 0.25) is 8.67 Å². The molecule has 4 aliphatic rings. The highest BCUT2D eigenvalue weighted by atomic mass is 35.5. The summed E-state index contributed by atoms with van der Waals surface area (Å²) in [4.78, 5) is 98.8. The van der Waals surface area contributed by atoms with E-state index in [1.54, 1.807) is 82.6 Å². The van der Waals surface area contributed by atoms with Gasteiger partial charge in [0.05, 0.1) is 57.8 Å². The van der Waals surface area contributed by atoms with Gasteiger partial charge in [-0.05, 0) is 72.8 Å². The van der Waals surface area contributed by atoms with Crippen LogP contribution < -0.4 is 30.2 Å². The number of hydrogen-bond acceptors (Lipinski definition) is 14. The van der Waals surface area contributed by atoms with Gasteiger partial charge in [-0.2, -0.15) is 0 Å². The molecule has 2 atom stereocenters. The van der Waals surface area contributed by atoms with Crippen molar-refractivity contribution in [2.24, 2.45) is 0 Å². The maximum absolute atomic E-state index is 12.2. The fourth-order valence-electron chi connectivity index (χ4n) is 6.47. The van der Waals surface area contributed by atoms with Crippen molar-refractivity contribution in [1.29, 1.82) is 0 Å². The number of rotatable bonds is 12. The van der Waals surface area contributed by atoms with Gasteiger partial charge in [-0.1, -0.05) is 23.2 Å². The van der Waals surface area contributed by atoms with E-state index >= 15 is 0 Å². The highest BCUT2D eigenvalue weighted by molar-refractivity contribution is 7.18. The lowest BCUT2D eigenvalue weighted by Crippen LogP contribution is -2.41. The summed E-state index contributed by atoms with van der Waals surface area (Å²) in [5.74, 6) is -3.31. The van der Waals surface area contributed by atoms with Gasteiger partial charge in [0.2, 0.25) is 0 Å². The standard InChI is InChI=1S/2C19H18ClN3O5S.C3H4O4/c2*20-16-6-5-15(29-16)18(25)21-9-14-10-23(19(26)28-14)13-3-1-12(2-4-13)22-7-8-27-11-17(22)24;4-2(5)1-3(6)7/h2*1-6,14H,7-11H2,(H,21,25);1H2,(H,4,5)(H,6,7)/t2*14-;/m00./s1. The lowest BCUT2D eigenvalue weighted by atomic mass is 10.2. The summed E-state index contributed by atoms with van der Waals surface area (Å²) < 4.78 is 22.1. The molecule has 0 aliphatic carbocycles. The summed E-state index contributed by atoms with van der Waals surface area (Å²) in [5, 5.41) is 20.9. The Morgan fingerprint density at radius 1 is 0.569 bits per heavy atom. The first-order valence-electron chi connectivity index (χ1n) is 19.6. The number of halogens is 2. The molecule has 4 aliphatic heterocycles.